The molecule has 140 valence electrons. The molecule has 1 aliphatic carbocycles. The van der Waals surface area contributed by atoms with E-state index < -0.39 is 5.54 Å². The van der Waals surface area contributed by atoms with Crippen LogP contribution >= 0.6 is 0 Å². The largest absolute Gasteiger partial charge is 0.338 e. The summed E-state index contributed by atoms with van der Waals surface area (Å²) in [5.74, 6) is 0.0677. The summed E-state index contributed by atoms with van der Waals surface area (Å²) in [6, 6.07) is 12.0. The minimum atomic E-state index is -0.643. The average molecular weight is 364 g/mol. The number of aromatic amines is 1. The van der Waals surface area contributed by atoms with Gasteiger partial charge in [-0.25, -0.2) is 0 Å². The Kier molecular flexibility index (Phi) is 3.81. The molecule has 1 aromatic carbocycles. The minimum absolute atomic E-state index is 0.104. The standard InChI is InChI=1S/C21H24N4O2/c26-19(18-14-17(22-23-18)15-6-2-1-3-7-15)25-13-5-11-21(25)10-4-12-24(20(21)27)16-8-9-16/h1-3,6-7,14,16H,4-5,8-13H2,(H,22,23). The Morgan fingerprint density at radius 3 is 2.59 bits per heavy atom. The predicted octanol–water partition coefficient (Wildman–Crippen LogP) is 2.84. The van der Waals surface area contributed by atoms with E-state index >= 15 is 0 Å². The van der Waals surface area contributed by atoms with Crippen LogP contribution < -0.4 is 0 Å². The molecule has 1 atom stereocenters. The van der Waals surface area contributed by atoms with E-state index in [1.165, 1.54) is 0 Å². The monoisotopic (exact) mass is 364 g/mol. The van der Waals surface area contributed by atoms with Gasteiger partial charge in [-0.2, -0.15) is 5.10 Å². The third-order valence-electron chi connectivity index (χ3n) is 6.25. The van der Waals surface area contributed by atoms with Gasteiger partial charge in [0.15, 0.2) is 0 Å². The second kappa shape index (κ2) is 6.22. The second-order valence-electron chi connectivity index (χ2n) is 7.96. The summed E-state index contributed by atoms with van der Waals surface area (Å²) in [7, 11) is 0. The molecule has 3 aliphatic rings. The maximum Gasteiger partial charge on any atom is 0.272 e. The van der Waals surface area contributed by atoms with Crippen LogP contribution in [0.2, 0.25) is 0 Å². The molecular formula is C21H24N4O2. The number of rotatable bonds is 3. The maximum absolute atomic E-state index is 13.3. The van der Waals surface area contributed by atoms with Crippen LogP contribution in [0.1, 0.15) is 49.0 Å². The molecule has 1 N–H and O–H groups in total. The first-order chi connectivity index (χ1) is 13.2. The molecule has 6 nitrogen and oxygen atoms in total. The van der Waals surface area contributed by atoms with Crippen molar-refractivity contribution in [3.8, 4) is 11.3 Å². The number of carbonyl (C=O) groups is 2. The van der Waals surface area contributed by atoms with Gasteiger partial charge in [0.2, 0.25) is 5.91 Å². The molecule has 2 amide bonds. The summed E-state index contributed by atoms with van der Waals surface area (Å²) < 4.78 is 0. The molecular weight excluding hydrogens is 340 g/mol. The molecule has 1 saturated carbocycles. The number of likely N-dealkylation sites (tertiary alicyclic amines) is 2. The number of hydrogen-bond donors (Lipinski definition) is 1. The number of aromatic nitrogens is 2. The Bertz CT molecular complexity index is 873. The van der Waals surface area contributed by atoms with Crippen LogP contribution in [0.15, 0.2) is 36.4 Å². The van der Waals surface area contributed by atoms with Crippen molar-refractivity contribution in [2.24, 2.45) is 0 Å². The average Bonchev–Trinajstić information content (AvgIpc) is 3.27. The Morgan fingerprint density at radius 2 is 1.85 bits per heavy atom. The van der Waals surface area contributed by atoms with Gasteiger partial charge in [-0.15, -0.1) is 0 Å². The molecule has 1 unspecified atom stereocenters. The highest BCUT2D eigenvalue weighted by atomic mass is 16.2. The van der Waals surface area contributed by atoms with Crippen LogP contribution in [0.5, 0.6) is 0 Å². The Labute approximate surface area is 158 Å². The molecule has 1 aromatic heterocycles. The molecule has 3 heterocycles. The first-order valence-electron chi connectivity index (χ1n) is 9.93. The van der Waals surface area contributed by atoms with Gasteiger partial charge in [0.1, 0.15) is 11.2 Å². The lowest BCUT2D eigenvalue weighted by molar-refractivity contribution is -0.146. The van der Waals surface area contributed by atoms with E-state index in [1.54, 1.807) is 6.07 Å². The molecule has 3 fully saturated rings. The number of carbonyl (C=O) groups excluding carboxylic acids is 2. The molecule has 27 heavy (non-hydrogen) atoms. The number of nitrogens with one attached hydrogen (secondary N) is 1. The Balaban J connectivity index is 1.42. The maximum atomic E-state index is 13.3. The number of hydrogen-bond acceptors (Lipinski definition) is 3. The van der Waals surface area contributed by atoms with Crippen molar-refractivity contribution >= 4 is 11.8 Å². The summed E-state index contributed by atoms with van der Waals surface area (Å²) in [4.78, 5) is 30.5. The van der Waals surface area contributed by atoms with E-state index in [0.717, 1.165) is 56.3 Å². The topological polar surface area (TPSA) is 69.3 Å². The molecule has 2 aliphatic heterocycles. The summed E-state index contributed by atoms with van der Waals surface area (Å²) in [5.41, 5.74) is 1.54. The number of amides is 2. The SMILES string of the molecule is O=C(c1cc(-c2ccccc2)n[nH]1)N1CCCC12CCCN(C1CC1)C2=O. The number of piperidine rings is 1. The molecule has 6 heteroatoms. The van der Waals surface area contributed by atoms with Gasteiger partial charge >= 0.3 is 0 Å². The van der Waals surface area contributed by atoms with Crippen LogP contribution in [-0.4, -0.2) is 56.5 Å². The molecule has 0 radical (unpaired) electrons. The minimum Gasteiger partial charge on any atom is -0.338 e. The van der Waals surface area contributed by atoms with Crippen LogP contribution in [0.3, 0.4) is 0 Å². The van der Waals surface area contributed by atoms with Gasteiger partial charge in [-0.1, -0.05) is 30.3 Å². The predicted molar refractivity (Wildman–Crippen MR) is 101 cm³/mol. The Morgan fingerprint density at radius 1 is 1.11 bits per heavy atom. The lowest BCUT2D eigenvalue weighted by Crippen LogP contribution is -2.61. The highest BCUT2D eigenvalue weighted by molar-refractivity contribution is 5.99. The van der Waals surface area contributed by atoms with Crippen LogP contribution in [-0.2, 0) is 4.79 Å². The second-order valence-corrected chi connectivity index (χ2v) is 7.96. The molecule has 5 rings (SSSR count). The first kappa shape index (κ1) is 16.5. The normalized spacial score (nSPS) is 25.4. The third-order valence-corrected chi connectivity index (χ3v) is 6.25. The highest BCUT2D eigenvalue weighted by Crippen LogP contribution is 2.42. The zero-order valence-corrected chi connectivity index (χ0v) is 15.4. The molecule has 2 saturated heterocycles. The van der Waals surface area contributed by atoms with E-state index in [0.29, 0.717) is 18.3 Å². The van der Waals surface area contributed by atoms with E-state index in [4.69, 9.17) is 0 Å². The summed E-state index contributed by atoms with van der Waals surface area (Å²) in [6.45, 7) is 1.48. The van der Waals surface area contributed by atoms with Crippen LogP contribution in [0.4, 0.5) is 0 Å². The smallest absolute Gasteiger partial charge is 0.272 e. The van der Waals surface area contributed by atoms with Gasteiger partial charge in [0.05, 0.1) is 5.69 Å². The third kappa shape index (κ3) is 2.66. The summed E-state index contributed by atoms with van der Waals surface area (Å²) in [6.07, 6.45) is 5.63. The van der Waals surface area contributed by atoms with E-state index in [9.17, 15) is 9.59 Å². The van der Waals surface area contributed by atoms with E-state index in [2.05, 4.69) is 10.2 Å². The van der Waals surface area contributed by atoms with Crippen LogP contribution in [0, 0.1) is 0 Å². The fraction of sp³-hybridized carbons (Fsp3) is 0.476. The van der Waals surface area contributed by atoms with E-state index in [1.807, 2.05) is 40.1 Å². The summed E-state index contributed by atoms with van der Waals surface area (Å²) in [5, 5.41) is 7.21. The molecule has 2 aromatic rings. The fourth-order valence-electron chi connectivity index (χ4n) is 4.74. The van der Waals surface area contributed by atoms with Crippen molar-refractivity contribution in [1.29, 1.82) is 0 Å². The Hall–Kier alpha value is -2.63. The zero-order valence-electron chi connectivity index (χ0n) is 15.4. The molecule has 1 spiro atoms. The van der Waals surface area contributed by atoms with Crippen LogP contribution in [0.25, 0.3) is 11.3 Å². The lowest BCUT2D eigenvalue weighted by Gasteiger charge is -2.44. The summed E-state index contributed by atoms with van der Waals surface area (Å²) >= 11 is 0. The lowest BCUT2D eigenvalue weighted by atomic mass is 9.85. The fourth-order valence-corrected chi connectivity index (χ4v) is 4.74. The number of nitrogens with zero attached hydrogens (tertiary/aromatic N) is 3. The van der Waals surface area contributed by atoms with Gasteiger partial charge < -0.3 is 9.80 Å². The zero-order chi connectivity index (χ0) is 18.4. The van der Waals surface area contributed by atoms with E-state index in [-0.39, 0.29) is 11.8 Å². The molecule has 0 bridgehead atoms. The van der Waals surface area contributed by atoms with Crippen molar-refractivity contribution in [1.82, 2.24) is 20.0 Å². The van der Waals surface area contributed by atoms with Crippen molar-refractivity contribution < 1.29 is 9.59 Å². The number of benzene rings is 1. The quantitative estimate of drug-likeness (QED) is 0.910. The van der Waals surface area contributed by atoms with Gasteiger partial charge in [0.25, 0.3) is 5.91 Å². The van der Waals surface area contributed by atoms with Gasteiger partial charge in [-0.3, -0.25) is 14.7 Å². The van der Waals surface area contributed by atoms with Gasteiger partial charge in [-0.05, 0) is 44.6 Å². The number of H-pyrrole nitrogens is 1. The first-order valence-corrected chi connectivity index (χ1v) is 9.93. The van der Waals surface area contributed by atoms with Crippen molar-refractivity contribution in [3.05, 3.63) is 42.1 Å². The van der Waals surface area contributed by atoms with Crippen molar-refractivity contribution in [3.63, 3.8) is 0 Å². The van der Waals surface area contributed by atoms with Crippen molar-refractivity contribution in [2.45, 2.75) is 50.1 Å². The van der Waals surface area contributed by atoms with Crippen molar-refractivity contribution in [2.75, 3.05) is 13.1 Å². The van der Waals surface area contributed by atoms with Gasteiger partial charge in [0, 0.05) is 24.7 Å². The highest BCUT2D eigenvalue weighted by Gasteiger charge is 2.54.